The molecule has 0 aliphatic rings. The largest absolute Gasteiger partial charge is 0.480 e. The summed E-state index contributed by atoms with van der Waals surface area (Å²) in [6.07, 6.45) is -0.258. The fourth-order valence-electron chi connectivity index (χ4n) is 1.16. The molecule has 3 N–H and O–H groups in total. The van der Waals surface area contributed by atoms with E-state index in [1.54, 1.807) is 0 Å². The maximum atomic E-state index is 13.2. The predicted octanol–water partition coefficient (Wildman–Crippen LogP) is 1.31. The van der Waals surface area contributed by atoms with Gasteiger partial charge in [0.2, 0.25) is 0 Å². The Morgan fingerprint density at radius 1 is 1.53 bits per heavy atom. The van der Waals surface area contributed by atoms with Gasteiger partial charge in [-0.3, -0.25) is 4.79 Å². The summed E-state index contributed by atoms with van der Waals surface area (Å²) in [7, 11) is 0. The van der Waals surface area contributed by atoms with Crippen molar-refractivity contribution < 1.29 is 18.7 Å². The molecule has 0 aliphatic heterocycles. The Morgan fingerprint density at radius 3 is 2.67 bits per heavy atom. The van der Waals surface area contributed by atoms with Crippen molar-refractivity contribution in [3.63, 3.8) is 0 Å². The molecule has 0 saturated carbocycles. The van der Waals surface area contributed by atoms with Crippen molar-refractivity contribution in [1.29, 1.82) is 0 Å². The molecule has 82 valence electrons. The second-order valence-electron chi connectivity index (χ2n) is 3.61. The van der Waals surface area contributed by atoms with Crippen molar-refractivity contribution in [3.8, 4) is 0 Å². The summed E-state index contributed by atoms with van der Waals surface area (Å²) in [5.41, 5.74) is 3.78. The molecule has 1 atom stereocenters. The number of carbonyl (C=O) groups is 1. The summed E-state index contributed by atoms with van der Waals surface area (Å²) >= 11 is 0. The number of rotatable bonds is 3. The van der Waals surface area contributed by atoms with Crippen molar-refractivity contribution in [3.05, 3.63) is 35.4 Å². The molecule has 1 rings (SSSR count). The number of carboxylic acid groups (broad SMARTS) is 1. The van der Waals surface area contributed by atoms with Crippen LogP contribution in [0.3, 0.4) is 0 Å². The van der Waals surface area contributed by atoms with Gasteiger partial charge in [-0.05, 0) is 18.6 Å². The average molecular weight is 215 g/mol. The van der Waals surface area contributed by atoms with Crippen LogP contribution in [0.2, 0.25) is 0 Å². The van der Waals surface area contributed by atoms with Crippen LogP contribution >= 0.6 is 0 Å². The number of hydrogen-bond donors (Lipinski definition) is 2. The van der Waals surface area contributed by atoms with E-state index in [-0.39, 0.29) is 12.0 Å². The Morgan fingerprint density at radius 2 is 2.13 bits per heavy atom. The number of carboxylic acids is 1. The van der Waals surface area contributed by atoms with Crippen LogP contribution in [-0.4, -0.2) is 16.6 Å². The first kappa shape index (κ1) is 11.6. The average Bonchev–Trinajstić information content (AvgIpc) is 2.12. The van der Waals surface area contributed by atoms with E-state index in [0.717, 1.165) is 6.07 Å². The lowest BCUT2D eigenvalue weighted by molar-refractivity contribution is -0.142. The lowest BCUT2D eigenvalue weighted by atomic mass is 9.94. The Kier molecular flexibility index (Phi) is 3.04. The number of hydrogen-bond acceptors (Lipinski definition) is 2. The SMILES string of the molecule is C[C@](N)(Cc1cccc(F)c1F)C(=O)O. The molecule has 15 heavy (non-hydrogen) atoms. The molecular formula is C10H11F2NO2. The van der Waals surface area contributed by atoms with Gasteiger partial charge >= 0.3 is 5.97 Å². The fraction of sp³-hybridized carbons (Fsp3) is 0.300. The Balaban J connectivity index is 3.00. The summed E-state index contributed by atoms with van der Waals surface area (Å²) in [5.74, 6) is -3.31. The normalized spacial score (nSPS) is 14.7. The highest BCUT2D eigenvalue weighted by atomic mass is 19.2. The quantitative estimate of drug-likeness (QED) is 0.799. The Bertz CT molecular complexity index is 391. The van der Waals surface area contributed by atoms with Gasteiger partial charge in [-0.25, -0.2) is 8.78 Å². The van der Waals surface area contributed by atoms with E-state index in [0.29, 0.717) is 0 Å². The third-order valence-corrected chi connectivity index (χ3v) is 2.08. The first-order valence-corrected chi connectivity index (χ1v) is 4.30. The summed E-state index contributed by atoms with van der Waals surface area (Å²) in [4.78, 5) is 10.7. The molecule has 0 aromatic heterocycles. The molecular weight excluding hydrogens is 204 g/mol. The second-order valence-corrected chi connectivity index (χ2v) is 3.61. The van der Waals surface area contributed by atoms with E-state index in [9.17, 15) is 13.6 Å². The molecule has 3 nitrogen and oxygen atoms in total. The lowest BCUT2D eigenvalue weighted by Gasteiger charge is -2.19. The molecule has 0 saturated heterocycles. The number of nitrogens with two attached hydrogens (primary N) is 1. The van der Waals surface area contributed by atoms with Gasteiger partial charge in [0.15, 0.2) is 11.6 Å². The van der Waals surface area contributed by atoms with E-state index < -0.39 is 23.1 Å². The van der Waals surface area contributed by atoms with Gasteiger partial charge in [-0.1, -0.05) is 12.1 Å². The van der Waals surface area contributed by atoms with Crippen LogP contribution in [0, 0.1) is 11.6 Å². The molecule has 0 unspecified atom stereocenters. The van der Waals surface area contributed by atoms with Gasteiger partial charge in [-0.15, -0.1) is 0 Å². The third kappa shape index (κ3) is 2.50. The molecule has 5 heteroatoms. The summed E-state index contributed by atoms with van der Waals surface area (Å²) < 4.78 is 26.0. The maximum absolute atomic E-state index is 13.2. The number of aliphatic carboxylic acids is 1. The predicted molar refractivity (Wildman–Crippen MR) is 50.3 cm³/mol. The summed E-state index contributed by atoms with van der Waals surface area (Å²) in [6, 6.07) is 3.59. The molecule has 0 bridgehead atoms. The monoisotopic (exact) mass is 215 g/mol. The third-order valence-electron chi connectivity index (χ3n) is 2.08. The number of benzene rings is 1. The highest BCUT2D eigenvalue weighted by molar-refractivity contribution is 5.78. The molecule has 0 spiro atoms. The highest BCUT2D eigenvalue weighted by Gasteiger charge is 2.29. The van der Waals surface area contributed by atoms with Crippen molar-refractivity contribution >= 4 is 5.97 Å². The smallest absolute Gasteiger partial charge is 0.323 e. The van der Waals surface area contributed by atoms with Crippen LogP contribution in [0.15, 0.2) is 18.2 Å². The first-order valence-electron chi connectivity index (χ1n) is 4.30. The van der Waals surface area contributed by atoms with E-state index >= 15 is 0 Å². The molecule has 0 fully saturated rings. The zero-order chi connectivity index (χ0) is 11.6. The molecule has 1 aromatic rings. The van der Waals surface area contributed by atoms with E-state index in [4.69, 9.17) is 10.8 Å². The van der Waals surface area contributed by atoms with Crippen molar-refractivity contribution in [1.82, 2.24) is 0 Å². The second kappa shape index (κ2) is 3.94. The standard InChI is InChI=1S/C10H11F2NO2/c1-10(13,9(14)15)5-6-3-2-4-7(11)8(6)12/h2-4H,5,13H2,1H3,(H,14,15)/t10-/m0/s1. The molecule has 0 amide bonds. The number of halogens is 2. The van der Waals surface area contributed by atoms with Crippen LogP contribution in [0.1, 0.15) is 12.5 Å². The first-order chi connectivity index (χ1) is 6.84. The Hall–Kier alpha value is -1.49. The van der Waals surface area contributed by atoms with Crippen LogP contribution < -0.4 is 5.73 Å². The summed E-state index contributed by atoms with van der Waals surface area (Å²) in [6.45, 7) is 1.25. The van der Waals surface area contributed by atoms with E-state index in [2.05, 4.69) is 0 Å². The molecule has 0 aliphatic carbocycles. The van der Waals surface area contributed by atoms with Crippen LogP contribution in [-0.2, 0) is 11.2 Å². The van der Waals surface area contributed by atoms with Crippen LogP contribution in [0.4, 0.5) is 8.78 Å². The minimum Gasteiger partial charge on any atom is -0.480 e. The summed E-state index contributed by atoms with van der Waals surface area (Å²) in [5, 5.41) is 8.72. The van der Waals surface area contributed by atoms with E-state index in [1.807, 2.05) is 0 Å². The minimum absolute atomic E-state index is 0.0394. The van der Waals surface area contributed by atoms with Crippen LogP contribution in [0.5, 0.6) is 0 Å². The van der Waals surface area contributed by atoms with Gasteiger partial charge < -0.3 is 10.8 Å². The van der Waals surface area contributed by atoms with Gasteiger partial charge in [-0.2, -0.15) is 0 Å². The van der Waals surface area contributed by atoms with Gasteiger partial charge in [0.25, 0.3) is 0 Å². The van der Waals surface area contributed by atoms with E-state index in [1.165, 1.54) is 19.1 Å². The zero-order valence-electron chi connectivity index (χ0n) is 8.13. The topological polar surface area (TPSA) is 63.3 Å². The lowest BCUT2D eigenvalue weighted by Crippen LogP contribution is -2.47. The Labute approximate surface area is 85.5 Å². The van der Waals surface area contributed by atoms with Gasteiger partial charge in [0, 0.05) is 6.42 Å². The van der Waals surface area contributed by atoms with Gasteiger partial charge in [0.1, 0.15) is 5.54 Å². The molecule has 0 radical (unpaired) electrons. The minimum atomic E-state index is -1.60. The van der Waals surface area contributed by atoms with Crippen molar-refractivity contribution in [2.24, 2.45) is 5.73 Å². The molecule has 1 aromatic carbocycles. The van der Waals surface area contributed by atoms with Gasteiger partial charge in [0.05, 0.1) is 0 Å². The van der Waals surface area contributed by atoms with Crippen molar-refractivity contribution in [2.75, 3.05) is 0 Å². The highest BCUT2D eigenvalue weighted by Crippen LogP contribution is 2.16. The molecule has 0 heterocycles. The fourth-order valence-corrected chi connectivity index (χ4v) is 1.16. The van der Waals surface area contributed by atoms with Crippen molar-refractivity contribution in [2.45, 2.75) is 18.9 Å². The zero-order valence-corrected chi connectivity index (χ0v) is 8.13. The van der Waals surface area contributed by atoms with Crippen LogP contribution in [0.25, 0.3) is 0 Å². The maximum Gasteiger partial charge on any atom is 0.323 e.